The molecule has 1 atom stereocenters. The quantitative estimate of drug-likeness (QED) is 0.559. The minimum absolute atomic E-state index is 0.122. The van der Waals surface area contributed by atoms with Crippen LogP contribution in [0.2, 0.25) is 0 Å². The molecule has 0 aliphatic rings. The van der Waals surface area contributed by atoms with Crippen molar-refractivity contribution in [2.45, 2.75) is 25.9 Å². The number of esters is 1. The summed E-state index contributed by atoms with van der Waals surface area (Å²) in [6, 6.07) is 0. The highest BCUT2D eigenvalue weighted by molar-refractivity contribution is 5.71. The van der Waals surface area contributed by atoms with Gasteiger partial charge in [-0.15, -0.1) is 0 Å². The predicted molar refractivity (Wildman–Crippen MR) is 56.6 cm³/mol. The molecule has 0 spiro atoms. The second kappa shape index (κ2) is 7.62. The van der Waals surface area contributed by atoms with Crippen LogP contribution in [0.3, 0.4) is 0 Å². The molecule has 5 heteroatoms. The first kappa shape index (κ1) is 14.3. The Morgan fingerprint density at radius 1 is 1.53 bits per heavy atom. The molecule has 0 radical (unpaired) electrons. The molecule has 90 valence electrons. The number of rotatable bonds is 8. The Morgan fingerprint density at radius 2 is 2.20 bits per heavy atom. The molecule has 0 aromatic heterocycles. The van der Waals surface area contributed by atoms with Crippen molar-refractivity contribution in [3.63, 3.8) is 0 Å². The molecule has 0 aliphatic heterocycles. The Bertz CT molecular complexity index is 182. The summed E-state index contributed by atoms with van der Waals surface area (Å²) in [7, 11) is 1.59. The van der Waals surface area contributed by atoms with Crippen LogP contribution in [-0.2, 0) is 14.3 Å². The smallest absolute Gasteiger partial charge is 0.319 e. The van der Waals surface area contributed by atoms with Crippen LogP contribution in [0.1, 0.15) is 20.3 Å². The highest BCUT2D eigenvalue weighted by Crippen LogP contribution is 2.06. The maximum absolute atomic E-state index is 11.0. The molecule has 0 fully saturated rings. The van der Waals surface area contributed by atoms with Crippen molar-refractivity contribution < 1.29 is 19.4 Å². The van der Waals surface area contributed by atoms with Gasteiger partial charge in [-0.2, -0.15) is 0 Å². The molecular weight excluding hydrogens is 198 g/mol. The average molecular weight is 219 g/mol. The molecule has 0 saturated carbocycles. The van der Waals surface area contributed by atoms with Crippen molar-refractivity contribution in [3.05, 3.63) is 0 Å². The molecule has 15 heavy (non-hydrogen) atoms. The van der Waals surface area contributed by atoms with Gasteiger partial charge in [-0.1, -0.05) is 0 Å². The lowest BCUT2D eigenvalue weighted by Gasteiger charge is -2.22. The third kappa shape index (κ3) is 8.35. The van der Waals surface area contributed by atoms with Gasteiger partial charge in [-0.05, 0) is 13.8 Å². The second-order valence-electron chi connectivity index (χ2n) is 3.65. The van der Waals surface area contributed by atoms with E-state index in [4.69, 9.17) is 9.47 Å². The van der Waals surface area contributed by atoms with E-state index < -0.39 is 5.60 Å². The number of carbonyl (C=O) groups is 1. The predicted octanol–water partition coefficient (Wildman–Crippen LogP) is -0.0734. The molecule has 1 unspecified atom stereocenters. The largest absolute Gasteiger partial charge is 0.465 e. The van der Waals surface area contributed by atoms with Crippen molar-refractivity contribution in [3.8, 4) is 0 Å². The normalized spacial score (nSPS) is 14.7. The van der Waals surface area contributed by atoms with Crippen molar-refractivity contribution in [2.75, 3.05) is 33.4 Å². The van der Waals surface area contributed by atoms with E-state index in [1.807, 2.05) is 0 Å². The lowest BCUT2D eigenvalue weighted by Crippen LogP contribution is -2.40. The Morgan fingerprint density at radius 3 is 2.73 bits per heavy atom. The molecule has 0 aromatic rings. The fraction of sp³-hybridized carbons (Fsp3) is 0.900. The fourth-order valence-corrected chi connectivity index (χ4v) is 1.06. The van der Waals surface area contributed by atoms with Gasteiger partial charge in [0.2, 0.25) is 0 Å². The van der Waals surface area contributed by atoms with E-state index in [0.29, 0.717) is 26.2 Å². The monoisotopic (exact) mass is 219 g/mol. The summed E-state index contributed by atoms with van der Waals surface area (Å²) < 4.78 is 9.59. The van der Waals surface area contributed by atoms with Crippen molar-refractivity contribution in [2.24, 2.45) is 0 Å². The zero-order valence-electron chi connectivity index (χ0n) is 9.71. The summed E-state index contributed by atoms with van der Waals surface area (Å²) in [4.78, 5) is 11.0. The molecule has 0 amide bonds. The van der Waals surface area contributed by atoms with E-state index in [0.717, 1.165) is 0 Å². The first-order valence-corrected chi connectivity index (χ1v) is 5.09. The Kier molecular flexibility index (Phi) is 7.29. The summed E-state index contributed by atoms with van der Waals surface area (Å²) in [6.07, 6.45) is 0.527. The molecule has 0 heterocycles. The van der Waals surface area contributed by atoms with Crippen LogP contribution >= 0.6 is 0 Å². The maximum atomic E-state index is 11.0. The van der Waals surface area contributed by atoms with Crippen LogP contribution in [0.25, 0.3) is 0 Å². The second-order valence-corrected chi connectivity index (χ2v) is 3.65. The van der Waals surface area contributed by atoms with Gasteiger partial charge >= 0.3 is 5.97 Å². The van der Waals surface area contributed by atoms with E-state index in [-0.39, 0.29) is 12.5 Å². The van der Waals surface area contributed by atoms with E-state index in [2.05, 4.69) is 5.32 Å². The molecule has 2 N–H and O–H groups in total. The van der Waals surface area contributed by atoms with Gasteiger partial charge in [-0.3, -0.25) is 4.79 Å². The van der Waals surface area contributed by atoms with Gasteiger partial charge < -0.3 is 19.9 Å². The van der Waals surface area contributed by atoms with E-state index in [1.165, 1.54) is 0 Å². The summed E-state index contributed by atoms with van der Waals surface area (Å²) in [5, 5.41) is 12.6. The zero-order valence-corrected chi connectivity index (χ0v) is 9.71. The molecular formula is C10H21NO4. The van der Waals surface area contributed by atoms with Crippen LogP contribution in [-0.4, -0.2) is 50.1 Å². The maximum Gasteiger partial charge on any atom is 0.319 e. The van der Waals surface area contributed by atoms with E-state index >= 15 is 0 Å². The van der Waals surface area contributed by atoms with Crippen molar-refractivity contribution in [1.82, 2.24) is 5.32 Å². The van der Waals surface area contributed by atoms with Gasteiger partial charge in [-0.25, -0.2) is 0 Å². The molecule has 0 rings (SSSR count). The summed E-state index contributed by atoms with van der Waals surface area (Å²) in [6.45, 7) is 4.79. The average Bonchev–Trinajstić information content (AvgIpc) is 2.15. The van der Waals surface area contributed by atoms with Crippen LogP contribution < -0.4 is 5.32 Å². The zero-order chi connectivity index (χ0) is 11.7. The minimum Gasteiger partial charge on any atom is -0.465 e. The van der Waals surface area contributed by atoms with Gasteiger partial charge in [0.05, 0.1) is 18.8 Å². The van der Waals surface area contributed by atoms with Crippen molar-refractivity contribution >= 4 is 5.97 Å². The van der Waals surface area contributed by atoms with Crippen LogP contribution in [0.4, 0.5) is 0 Å². The minimum atomic E-state index is -0.859. The standard InChI is InChI=1S/C10H21NO4/c1-4-15-9(12)7-11-8-10(2,13)5-6-14-3/h11,13H,4-8H2,1-3H3. The number of ether oxygens (including phenoxy) is 2. The molecule has 5 nitrogen and oxygen atoms in total. The number of hydrogen-bond acceptors (Lipinski definition) is 5. The number of carbonyl (C=O) groups excluding carboxylic acids is 1. The van der Waals surface area contributed by atoms with Gasteiger partial charge in [0.1, 0.15) is 0 Å². The first-order valence-electron chi connectivity index (χ1n) is 5.09. The van der Waals surface area contributed by atoms with Crippen LogP contribution in [0, 0.1) is 0 Å². The first-order chi connectivity index (χ1) is 7.02. The summed E-state index contributed by atoms with van der Waals surface area (Å²) in [5.74, 6) is -0.306. The number of hydrogen-bond donors (Lipinski definition) is 2. The lowest BCUT2D eigenvalue weighted by molar-refractivity contribution is -0.142. The van der Waals surface area contributed by atoms with E-state index in [9.17, 15) is 9.90 Å². The number of aliphatic hydroxyl groups is 1. The van der Waals surface area contributed by atoms with E-state index in [1.54, 1.807) is 21.0 Å². The molecule has 0 bridgehead atoms. The van der Waals surface area contributed by atoms with Gasteiger partial charge in [0, 0.05) is 26.7 Å². The SMILES string of the molecule is CCOC(=O)CNCC(C)(O)CCOC. The number of nitrogens with one attached hydrogen (secondary N) is 1. The van der Waals surface area contributed by atoms with Gasteiger partial charge in [0.25, 0.3) is 0 Å². The van der Waals surface area contributed by atoms with Crippen LogP contribution in [0.5, 0.6) is 0 Å². The third-order valence-electron chi connectivity index (χ3n) is 1.93. The topological polar surface area (TPSA) is 67.8 Å². The van der Waals surface area contributed by atoms with Crippen LogP contribution in [0.15, 0.2) is 0 Å². The summed E-state index contributed by atoms with van der Waals surface area (Å²) >= 11 is 0. The highest BCUT2D eigenvalue weighted by Gasteiger charge is 2.19. The Hall–Kier alpha value is -0.650. The Balaban J connectivity index is 3.60. The molecule has 0 saturated heterocycles. The Labute approximate surface area is 90.8 Å². The molecule has 0 aromatic carbocycles. The fourth-order valence-electron chi connectivity index (χ4n) is 1.06. The molecule has 0 aliphatic carbocycles. The van der Waals surface area contributed by atoms with Crippen molar-refractivity contribution in [1.29, 1.82) is 0 Å². The third-order valence-corrected chi connectivity index (χ3v) is 1.93. The lowest BCUT2D eigenvalue weighted by atomic mass is 10.0. The summed E-state index contributed by atoms with van der Waals surface area (Å²) in [5.41, 5.74) is -0.859. The highest BCUT2D eigenvalue weighted by atomic mass is 16.5. The van der Waals surface area contributed by atoms with Gasteiger partial charge in [0.15, 0.2) is 0 Å². The number of methoxy groups -OCH3 is 1.